The molecule has 1 rings (SSSR count). The molecule has 0 fully saturated rings. The van der Waals surface area contributed by atoms with E-state index in [-0.39, 0.29) is 5.41 Å². The van der Waals surface area contributed by atoms with Gasteiger partial charge in [-0.2, -0.15) is 4.98 Å². The third kappa shape index (κ3) is 5.37. The number of aromatic nitrogens is 1. The molecule has 1 aromatic rings. The van der Waals surface area contributed by atoms with Crippen molar-refractivity contribution >= 4 is 0 Å². The average molecular weight is 295 g/mol. The molecule has 0 spiro atoms. The molecule has 1 aromatic heterocycles. The Morgan fingerprint density at radius 1 is 1.00 bits per heavy atom. The van der Waals surface area contributed by atoms with Crippen LogP contribution in [0.25, 0.3) is 0 Å². The van der Waals surface area contributed by atoms with Crippen molar-refractivity contribution in [2.24, 2.45) is 0 Å². The molecule has 0 N–H and O–H groups in total. The number of rotatable bonds is 11. The summed E-state index contributed by atoms with van der Waals surface area (Å²) in [4.78, 5) is 4.58. The van der Waals surface area contributed by atoms with Crippen LogP contribution in [0.5, 0.6) is 6.08 Å². The third-order valence-electron chi connectivity index (χ3n) is 4.44. The SMILES string of the molecule is CCCCCCCC(C)(CCCC)c1nc(OC)oc1C. The lowest BCUT2D eigenvalue weighted by Gasteiger charge is -2.28. The van der Waals surface area contributed by atoms with Crippen LogP contribution >= 0.6 is 0 Å². The van der Waals surface area contributed by atoms with Gasteiger partial charge in [0.05, 0.1) is 12.8 Å². The lowest BCUT2D eigenvalue weighted by Crippen LogP contribution is -2.23. The minimum absolute atomic E-state index is 0.118. The molecule has 21 heavy (non-hydrogen) atoms. The van der Waals surface area contributed by atoms with Gasteiger partial charge in [-0.1, -0.05) is 65.7 Å². The van der Waals surface area contributed by atoms with E-state index < -0.39 is 0 Å². The summed E-state index contributed by atoms with van der Waals surface area (Å²) in [6.07, 6.45) is 11.8. The highest BCUT2D eigenvalue weighted by molar-refractivity contribution is 5.21. The van der Waals surface area contributed by atoms with Gasteiger partial charge in [-0.25, -0.2) is 0 Å². The zero-order valence-corrected chi connectivity index (χ0v) is 14.6. The molecule has 1 heterocycles. The van der Waals surface area contributed by atoms with Crippen LogP contribution < -0.4 is 4.74 Å². The fraction of sp³-hybridized carbons (Fsp3) is 0.833. The second-order valence-electron chi connectivity index (χ2n) is 6.42. The number of nitrogens with zero attached hydrogens (tertiary/aromatic N) is 1. The normalized spacial score (nSPS) is 14.1. The lowest BCUT2D eigenvalue weighted by molar-refractivity contribution is 0.284. The lowest BCUT2D eigenvalue weighted by atomic mass is 9.76. The molecule has 0 radical (unpaired) electrons. The van der Waals surface area contributed by atoms with Crippen molar-refractivity contribution < 1.29 is 9.15 Å². The summed E-state index contributed by atoms with van der Waals surface area (Å²) < 4.78 is 10.8. The topological polar surface area (TPSA) is 35.3 Å². The van der Waals surface area contributed by atoms with Gasteiger partial charge in [-0.15, -0.1) is 0 Å². The largest absolute Gasteiger partial charge is 0.454 e. The third-order valence-corrected chi connectivity index (χ3v) is 4.44. The van der Waals surface area contributed by atoms with Crippen LogP contribution in [0.4, 0.5) is 0 Å². The van der Waals surface area contributed by atoms with E-state index in [0.29, 0.717) is 6.08 Å². The molecule has 122 valence electrons. The van der Waals surface area contributed by atoms with Gasteiger partial charge in [0.25, 0.3) is 0 Å². The van der Waals surface area contributed by atoms with Crippen LogP contribution in [0.3, 0.4) is 0 Å². The maximum atomic E-state index is 5.60. The molecular formula is C18H33NO2. The second-order valence-corrected chi connectivity index (χ2v) is 6.42. The number of hydrogen-bond donors (Lipinski definition) is 0. The first-order valence-electron chi connectivity index (χ1n) is 8.59. The summed E-state index contributed by atoms with van der Waals surface area (Å²) >= 11 is 0. The first-order valence-corrected chi connectivity index (χ1v) is 8.59. The van der Waals surface area contributed by atoms with Gasteiger partial charge in [0, 0.05) is 5.41 Å². The molecule has 0 aromatic carbocycles. The minimum atomic E-state index is 0.118. The standard InChI is InChI=1S/C18H33NO2/c1-6-8-10-11-12-14-18(4,13-9-7-2)16-15(3)21-17(19-16)20-5/h6-14H2,1-5H3. The molecule has 0 amide bonds. The van der Waals surface area contributed by atoms with Crippen LogP contribution in [-0.4, -0.2) is 12.1 Å². The highest BCUT2D eigenvalue weighted by atomic mass is 16.6. The number of oxazole rings is 1. The zero-order valence-electron chi connectivity index (χ0n) is 14.6. The van der Waals surface area contributed by atoms with Crippen molar-refractivity contribution in [2.45, 2.75) is 90.9 Å². The van der Waals surface area contributed by atoms with Gasteiger partial charge >= 0.3 is 6.08 Å². The molecule has 0 bridgehead atoms. The van der Waals surface area contributed by atoms with Crippen molar-refractivity contribution in [1.29, 1.82) is 0 Å². The molecule has 0 aliphatic heterocycles. The highest BCUT2D eigenvalue weighted by Crippen LogP contribution is 2.37. The van der Waals surface area contributed by atoms with Gasteiger partial charge in [0.2, 0.25) is 0 Å². The predicted molar refractivity (Wildman–Crippen MR) is 88.0 cm³/mol. The Bertz CT molecular complexity index is 400. The van der Waals surface area contributed by atoms with Gasteiger partial charge in [0.15, 0.2) is 0 Å². The zero-order chi connectivity index (χ0) is 15.7. The maximum absolute atomic E-state index is 5.60. The number of methoxy groups -OCH3 is 1. The van der Waals surface area contributed by atoms with Gasteiger partial charge in [-0.05, 0) is 19.8 Å². The van der Waals surface area contributed by atoms with E-state index >= 15 is 0 Å². The second kappa shape index (κ2) is 9.11. The summed E-state index contributed by atoms with van der Waals surface area (Å²) in [6.45, 7) is 8.85. The molecule has 1 unspecified atom stereocenters. The van der Waals surface area contributed by atoms with E-state index in [0.717, 1.165) is 11.5 Å². The Balaban J connectivity index is 2.74. The quantitative estimate of drug-likeness (QED) is 0.484. The van der Waals surface area contributed by atoms with Crippen LogP contribution in [0, 0.1) is 6.92 Å². The summed E-state index contributed by atoms with van der Waals surface area (Å²) in [6, 6.07) is 0. The first kappa shape index (κ1) is 18.1. The summed E-state index contributed by atoms with van der Waals surface area (Å²) in [5.41, 5.74) is 1.22. The average Bonchev–Trinajstić information content (AvgIpc) is 2.87. The number of aryl methyl sites for hydroxylation is 1. The van der Waals surface area contributed by atoms with E-state index in [1.54, 1.807) is 7.11 Å². The molecular weight excluding hydrogens is 262 g/mol. The van der Waals surface area contributed by atoms with Crippen molar-refractivity contribution in [2.75, 3.05) is 7.11 Å². The van der Waals surface area contributed by atoms with Crippen molar-refractivity contribution in [3.8, 4) is 6.08 Å². The van der Waals surface area contributed by atoms with Crippen molar-refractivity contribution in [1.82, 2.24) is 4.98 Å². The summed E-state index contributed by atoms with van der Waals surface area (Å²) in [5, 5.41) is 0. The molecule has 0 saturated carbocycles. The van der Waals surface area contributed by atoms with E-state index in [1.807, 2.05) is 6.92 Å². The fourth-order valence-electron chi connectivity index (χ4n) is 3.07. The van der Waals surface area contributed by atoms with E-state index in [1.165, 1.54) is 57.8 Å². The Morgan fingerprint density at radius 2 is 1.62 bits per heavy atom. The van der Waals surface area contributed by atoms with E-state index in [9.17, 15) is 0 Å². The number of ether oxygens (including phenoxy) is 1. The highest BCUT2D eigenvalue weighted by Gasteiger charge is 2.31. The van der Waals surface area contributed by atoms with E-state index in [4.69, 9.17) is 9.15 Å². The van der Waals surface area contributed by atoms with Crippen LogP contribution in [0.15, 0.2) is 4.42 Å². The minimum Gasteiger partial charge on any atom is -0.454 e. The van der Waals surface area contributed by atoms with E-state index in [2.05, 4.69) is 25.8 Å². The monoisotopic (exact) mass is 295 g/mol. The Morgan fingerprint density at radius 3 is 2.19 bits per heavy atom. The van der Waals surface area contributed by atoms with Crippen LogP contribution in [0.1, 0.15) is 90.0 Å². The first-order chi connectivity index (χ1) is 10.1. The Hall–Kier alpha value is -0.990. The molecule has 0 aliphatic rings. The smallest absolute Gasteiger partial charge is 0.393 e. The fourth-order valence-corrected chi connectivity index (χ4v) is 3.07. The molecule has 3 nitrogen and oxygen atoms in total. The molecule has 3 heteroatoms. The van der Waals surface area contributed by atoms with Gasteiger partial charge in [0.1, 0.15) is 5.76 Å². The summed E-state index contributed by atoms with van der Waals surface area (Å²) in [5.74, 6) is 0.916. The van der Waals surface area contributed by atoms with Crippen LogP contribution in [-0.2, 0) is 5.41 Å². The maximum Gasteiger partial charge on any atom is 0.393 e. The molecule has 0 aliphatic carbocycles. The molecule has 0 saturated heterocycles. The van der Waals surface area contributed by atoms with Crippen molar-refractivity contribution in [3.05, 3.63) is 11.5 Å². The van der Waals surface area contributed by atoms with Gasteiger partial charge in [-0.3, -0.25) is 0 Å². The Labute approximate surface area is 130 Å². The van der Waals surface area contributed by atoms with Crippen LogP contribution in [0.2, 0.25) is 0 Å². The number of hydrogen-bond acceptors (Lipinski definition) is 3. The predicted octanol–water partition coefficient (Wildman–Crippen LogP) is 5.80. The van der Waals surface area contributed by atoms with Gasteiger partial charge < -0.3 is 9.15 Å². The van der Waals surface area contributed by atoms with Crippen molar-refractivity contribution in [3.63, 3.8) is 0 Å². The summed E-state index contributed by atoms with van der Waals surface area (Å²) in [7, 11) is 1.61. The molecule has 1 atom stereocenters. The Kier molecular flexibility index (Phi) is 7.84. The number of unbranched alkanes of at least 4 members (excludes halogenated alkanes) is 5.